The summed E-state index contributed by atoms with van der Waals surface area (Å²) in [6.07, 6.45) is 2.65. The van der Waals surface area contributed by atoms with E-state index in [4.69, 9.17) is 23.2 Å². The molecule has 0 unspecified atom stereocenters. The van der Waals surface area contributed by atoms with Gasteiger partial charge in [0.05, 0.1) is 21.5 Å². The summed E-state index contributed by atoms with van der Waals surface area (Å²) < 4.78 is 0. The minimum Gasteiger partial charge on any atom is -0.481 e. The van der Waals surface area contributed by atoms with Crippen molar-refractivity contribution in [2.45, 2.75) is 38.6 Å². The van der Waals surface area contributed by atoms with Crippen LogP contribution in [0.2, 0.25) is 10.0 Å². The molecule has 184 valence electrons. The number of carbonyl (C=O) groups excluding carboxylic acids is 1. The first-order chi connectivity index (χ1) is 16.6. The van der Waals surface area contributed by atoms with Crippen LogP contribution in [0.3, 0.4) is 0 Å². The molecule has 0 aliphatic heterocycles. The second kappa shape index (κ2) is 12.0. The molecular weight excluding hydrogens is 485 g/mol. The number of anilines is 2. The van der Waals surface area contributed by atoms with Crippen molar-refractivity contribution < 1.29 is 14.7 Å². The molecule has 2 aromatic carbocycles. The normalized spacial score (nSPS) is 12.1. The monoisotopic (exact) mass is 513 g/mol. The lowest BCUT2D eigenvalue weighted by molar-refractivity contribution is -0.141. The van der Waals surface area contributed by atoms with E-state index in [1.165, 1.54) is 0 Å². The third-order valence-electron chi connectivity index (χ3n) is 5.66. The lowest BCUT2D eigenvalue weighted by Gasteiger charge is -2.28. The molecule has 0 aliphatic carbocycles. The second-order valence-corrected chi connectivity index (χ2v) is 9.88. The Hall–Kier alpha value is -3.09. The van der Waals surface area contributed by atoms with Gasteiger partial charge >= 0.3 is 5.97 Å². The highest BCUT2D eigenvalue weighted by atomic mass is 35.5. The molecule has 0 bridgehead atoms. The van der Waals surface area contributed by atoms with Crippen LogP contribution >= 0.6 is 23.2 Å². The van der Waals surface area contributed by atoms with E-state index >= 15 is 0 Å². The van der Waals surface area contributed by atoms with Gasteiger partial charge in [0.2, 0.25) is 0 Å². The molecule has 0 fully saturated rings. The van der Waals surface area contributed by atoms with Gasteiger partial charge in [-0.3, -0.25) is 9.59 Å². The Labute approximate surface area is 215 Å². The zero-order valence-corrected chi connectivity index (χ0v) is 21.2. The summed E-state index contributed by atoms with van der Waals surface area (Å²) in [6.45, 7) is 5.00. The van der Waals surface area contributed by atoms with Gasteiger partial charge in [-0.05, 0) is 68.7 Å². The Bertz CT molecular complexity index is 1130. The number of hydrogen-bond acceptors (Lipinski definition) is 5. The van der Waals surface area contributed by atoms with Crippen LogP contribution in [0, 0.1) is 5.92 Å². The number of nitrogens with zero attached hydrogens (tertiary/aromatic N) is 1. The summed E-state index contributed by atoms with van der Waals surface area (Å²) in [5.41, 5.74) is 1.76. The number of aromatic nitrogens is 1. The molecule has 0 saturated heterocycles. The van der Waals surface area contributed by atoms with Crippen molar-refractivity contribution in [3.63, 3.8) is 0 Å². The number of aliphatic carboxylic acids is 1. The second-order valence-electron chi connectivity index (χ2n) is 9.06. The van der Waals surface area contributed by atoms with Crippen LogP contribution in [-0.4, -0.2) is 33.9 Å². The summed E-state index contributed by atoms with van der Waals surface area (Å²) >= 11 is 12.2. The number of carbonyl (C=O) groups is 2. The van der Waals surface area contributed by atoms with Gasteiger partial charge in [-0.25, -0.2) is 4.98 Å². The summed E-state index contributed by atoms with van der Waals surface area (Å²) in [5.74, 6) is -1.46. The fraction of sp³-hybridized carbons (Fsp3) is 0.296. The number of carboxylic acid groups (broad SMARTS) is 1. The molecule has 0 saturated carbocycles. The first kappa shape index (κ1) is 26.5. The molecule has 0 amide bonds. The van der Waals surface area contributed by atoms with E-state index in [2.05, 4.69) is 29.5 Å². The van der Waals surface area contributed by atoms with Crippen molar-refractivity contribution in [2.75, 3.05) is 17.2 Å². The van der Waals surface area contributed by atoms with Crippen LogP contribution in [0.5, 0.6) is 0 Å². The number of halogens is 2. The van der Waals surface area contributed by atoms with Crippen LogP contribution in [0.15, 0.2) is 66.9 Å². The Kier molecular flexibility index (Phi) is 9.13. The van der Waals surface area contributed by atoms with E-state index in [0.717, 1.165) is 30.0 Å². The van der Waals surface area contributed by atoms with E-state index in [1.54, 1.807) is 24.4 Å². The Morgan fingerprint density at radius 1 is 1.00 bits per heavy atom. The van der Waals surface area contributed by atoms with Gasteiger partial charge in [0.15, 0.2) is 5.78 Å². The van der Waals surface area contributed by atoms with Gasteiger partial charge in [0.25, 0.3) is 0 Å². The highest BCUT2D eigenvalue weighted by molar-refractivity contribution is 6.39. The number of nitrogens with one attached hydrogen (secondary N) is 2. The zero-order chi connectivity index (χ0) is 25.4. The molecule has 35 heavy (non-hydrogen) atoms. The molecule has 3 aromatic rings. The minimum absolute atomic E-state index is 0.168. The Morgan fingerprint density at radius 3 is 2.29 bits per heavy atom. The first-order valence-electron chi connectivity index (χ1n) is 11.4. The summed E-state index contributed by atoms with van der Waals surface area (Å²) in [6, 6.07) is 18.1. The molecule has 0 aliphatic rings. The third kappa shape index (κ3) is 7.98. The van der Waals surface area contributed by atoms with Crippen molar-refractivity contribution in [2.24, 2.45) is 5.92 Å². The van der Waals surface area contributed by atoms with E-state index in [1.807, 2.05) is 42.5 Å². The van der Waals surface area contributed by atoms with Crippen molar-refractivity contribution >= 4 is 46.5 Å². The third-order valence-corrected chi connectivity index (χ3v) is 6.29. The van der Waals surface area contributed by atoms with Crippen molar-refractivity contribution in [1.82, 2.24) is 4.98 Å². The molecule has 8 heteroatoms. The lowest BCUT2D eigenvalue weighted by Crippen LogP contribution is -2.33. The van der Waals surface area contributed by atoms with Gasteiger partial charge in [-0.2, -0.15) is 0 Å². The summed E-state index contributed by atoms with van der Waals surface area (Å²) in [4.78, 5) is 28.8. The SMILES string of the molecule is CC(C)(CCNc1ccccn1)Nc1ccc(C[C@H](CC(=O)c2c(Cl)cccc2Cl)C(=O)O)cc1. The minimum atomic E-state index is -1.04. The summed E-state index contributed by atoms with van der Waals surface area (Å²) in [5, 5.41) is 17.0. The number of ketones is 1. The van der Waals surface area contributed by atoms with Crippen molar-refractivity contribution in [3.8, 4) is 0 Å². The lowest BCUT2D eigenvalue weighted by atomic mass is 9.92. The Balaban J connectivity index is 1.57. The molecule has 0 radical (unpaired) electrons. The number of pyridine rings is 1. The van der Waals surface area contributed by atoms with Gasteiger partial charge in [-0.1, -0.05) is 47.5 Å². The average Bonchev–Trinajstić information content (AvgIpc) is 2.80. The highest BCUT2D eigenvalue weighted by Crippen LogP contribution is 2.28. The van der Waals surface area contributed by atoms with E-state index in [-0.39, 0.29) is 39.8 Å². The van der Waals surface area contributed by atoms with Crippen molar-refractivity contribution in [3.05, 3.63) is 88.0 Å². The molecular formula is C27H29Cl2N3O3. The fourth-order valence-electron chi connectivity index (χ4n) is 3.77. The Morgan fingerprint density at radius 2 is 1.69 bits per heavy atom. The number of rotatable bonds is 12. The molecule has 3 rings (SSSR count). The molecule has 3 N–H and O–H groups in total. The van der Waals surface area contributed by atoms with Crippen LogP contribution in [-0.2, 0) is 11.2 Å². The maximum Gasteiger partial charge on any atom is 0.307 e. The maximum atomic E-state index is 12.7. The number of benzene rings is 2. The summed E-state index contributed by atoms with van der Waals surface area (Å²) in [7, 11) is 0. The van der Waals surface area contributed by atoms with E-state index in [9.17, 15) is 14.7 Å². The number of carboxylic acids is 1. The van der Waals surface area contributed by atoms with Crippen LogP contribution in [0.1, 0.15) is 42.6 Å². The topological polar surface area (TPSA) is 91.3 Å². The molecule has 0 spiro atoms. The van der Waals surface area contributed by atoms with E-state index < -0.39 is 11.9 Å². The van der Waals surface area contributed by atoms with E-state index in [0.29, 0.717) is 0 Å². The smallest absolute Gasteiger partial charge is 0.307 e. The standard InChI is InChI=1S/C27H29Cl2N3O3/c1-27(2,13-15-31-24-8-3-4-14-30-24)32-20-11-9-18(10-12-20)16-19(26(34)35)17-23(33)25-21(28)6-5-7-22(25)29/h3-12,14,19,32H,13,15-17H2,1-2H3,(H,30,31)(H,34,35)/t19-/m1/s1. The predicted octanol–water partition coefficient (Wildman–Crippen LogP) is 6.60. The average molecular weight is 514 g/mol. The molecule has 1 heterocycles. The fourth-order valence-corrected chi connectivity index (χ4v) is 4.38. The largest absolute Gasteiger partial charge is 0.481 e. The number of hydrogen-bond donors (Lipinski definition) is 3. The van der Waals surface area contributed by atoms with Crippen molar-refractivity contribution in [1.29, 1.82) is 0 Å². The van der Waals surface area contributed by atoms with Gasteiger partial charge in [-0.15, -0.1) is 0 Å². The van der Waals surface area contributed by atoms with Crippen LogP contribution in [0.25, 0.3) is 0 Å². The highest BCUT2D eigenvalue weighted by Gasteiger charge is 2.25. The van der Waals surface area contributed by atoms with Crippen LogP contribution in [0.4, 0.5) is 11.5 Å². The molecule has 1 aromatic heterocycles. The zero-order valence-electron chi connectivity index (χ0n) is 19.7. The number of Topliss-reactive ketones (excluding diaryl/α,β-unsaturated/α-hetero) is 1. The van der Waals surface area contributed by atoms with Gasteiger partial charge in [0, 0.05) is 30.4 Å². The quantitative estimate of drug-likeness (QED) is 0.236. The van der Waals surface area contributed by atoms with Crippen LogP contribution < -0.4 is 10.6 Å². The molecule has 6 nitrogen and oxygen atoms in total. The van der Waals surface area contributed by atoms with Gasteiger partial charge < -0.3 is 15.7 Å². The molecule has 1 atom stereocenters. The predicted molar refractivity (Wildman–Crippen MR) is 142 cm³/mol. The maximum absolute atomic E-state index is 12.7. The van der Waals surface area contributed by atoms with Gasteiger partial charge in [0.1, 0.15) is 5.82 Å². The first-order valence-corrected chi connectivity index (χ1v) is 12.1.